The van der Waals surface area contributed by atoms with Crippen LogP contribution in [0.25, 0.3) is 0 Å². The smallest absolute Gasteiger partial charge is 0.407 e. The first-order valence-corrected chi connectivity index (χ1v) is 6.04. The van der Waals surface area contributed by atoms with Gasteiger partial charge in [-0.1, -0.05) is 6.07 Å². The van der Waals surface area contributed by atoms with E-state index in [1.165, 1.54) is 17.0 Å². The van der Waals surface area contributed by atoms with E-state index in [4.69, 9.17) is 14.9 Å². The molecular formula is C13H15NO5. The van der Waals surface area contributed by atoms with Crippen LogP contribution in [-0.2, 0) is 0 Å². The van der Waals surface area contributed by atoms with Crippen LogP contribution in [0.5, 0.6) is 5.75 Å². The number of carboxylic acid groups (broad SMARTS) is 2. The summed E-state index contributed by atoms with van der Waals surface area (Å²) < 4.78 is 5.69. The van der Waals surface area contributed by atoms with Crippen molar-refractivity contribution in [1.82, 2.24) is 4.90 Å². The van der Waals surface area contributed by atoms with Crippen molar-refractivity contribution >= 4 is 12.1 Å². The molecule has 1 amide bonds. The van der Waals surface area contributed by atoms with E-state index >= 15 is 0 Å². The molecule has 2 N–H and O–H groups in total. The maximum atomic E-state index is 10.8. The summed E-state index contributed by atoms with van der Waals surface area (Å²) in [7, 11) is 0. The number of hydrogen-bond donors (Lipinski definition) is 2. The quantitative estimate of drug-likeness (QED) is 0.871. The number of nitrogens with zero attached hydrogens (tertiary/aromatic N) is 1. The minimum absolute atomic E-state index is 0.0698. The van der Waals surface area contributed by atoms with E-state index in [2.05, 4.69) is 0 Å². The predicted octanol–water partition coefficient (Wildman–Crippen LogP) is 1.91. The van der Waals surface area contributed by atoms with Crippen LogP contribution in [0.4, 0.5) is 4.79 Å². The average molecular weight is 265 g/mol. The third-order valence-corrected chi connectivity index (χ3v) is 3.10. The van der Waals surface area contributed by atoms with E-state index in [1.807, 2.05) is 0 Å². The van der Waals surface area contributed by atoms with Gasteiger partial charge in [0.05, 0.1) is 5.56 Å². The lowest BCUT2D eigenvalue weighted by molar-refractivity contribution is 0.0692. The Morgan fingerprint density at radius 3 is 2.47 bits per heavy atom. The number of ether oxygens (including phenoxy) is 1. The molecule has 0 aromatic heterocycles. The molecule has 1 fully saturated rings. The summed E-state index contributed by atoms with van der Waals surface area (Å²) in [5.41, 5.74) is 0.181. The standard InChI is InChI=1S/C13H15NO5/c15-12(16)9-2-1-3-11(8-9)19-10-4-6-14(7-5-10)13(17)18/h1-3,8,10H,4-7H2,(H,15,16)(H,17,18). The topological polar surface area (TPSA) is 87.1 Å². The Morgan fingerprint density at radius 2 is 1.89 bits per heavy atom. The highest BCUT2D eigenvalue weighted by atomic mass is 16.5. The minimum atomic E-state index is -0.994. The first-order chi connectivity index (χ1) is 9.06. The number of rotatable bonds is 3. The molecule has 6 nitrogen and oxygen atoms in total. The molecule has 0 spiro atoms. The molecule has 0 bridgehead atoms. The molecular weight excluding hydrogens is 250 g/mol. The fraction of sp³-hybridized carbons (Fsp3) is 0.385. The van der Waals surface area contributed by atoms with Crippen molar-refractivity contribution < 1.29 is 24.5 Å². The molecule has 102 valence electrons. The van der Waals surface area contributed by atoms with Gasteiger partial charge in [-0.05, 0) is 18.2 Å². The Morgan fingerprint density at radius 1 is 1.21 bits per heavy atom. The number of carboxylic acids is 1. The molecule has 6 heteroatoms. The van der Waals surface area contributed by atoms with Gasteiger partial charge in [-0.15, -0.1) is 0 Å². The van der Waals surface area contributed by atoms with Crippen molar-refractivity contribution in [3.05, 3.63) is 29.8 Å². The van der Waals surface area contributed by atoms with Crippen LogP contribution >= 0.6 is 0 Å². The van der Waals surface area contributed by atoms with Crippen LogP contribution < -0.4 is 4.74 Å². The Balaban J connectivity index is 1.94. The van der Waals surface area contributed by atoms with Crippen LogP contribution in [-0.4, -0.2) is 46.4 Å². The molecule has 19 heavy (non-hydrogen) atoms. The second-order valence-electron chi connectivity index (χ2n) is 4.42. The zero-order chi connectivity index (χ0) is 13.8. The molecule has 0 radical (unpaired) electrons. The van der Waals surface area contributed by atoms with Gasteiger partial charge in [-0.25, -0.2) is 9.59 Å². The van der Waals surface area contributed by atoms with Gasteiger partial charge in [0.15, 0.2) is 0 Å². The lowest BCUT2D eigenvalue weighted by Crippen LogP contribution is -2.41. The number of likely N-dealkylation sites (tertiary alicyclic amines) is 1. The summed E-state index contributed by atoms with van der Waals surface area (Å²) in [4.78, 5) is 22.9. The highest BCUT2D eigenvalue weighted by Gasteiger charge is 2.23. The zero-order valence-electron chi connectivity index (χ0n) is 10.3. The van der Waals surface area contributed by atoms with Crippen molar-refractivity contribution in [1.29, 1.82) is 0 Å². The first-order valence-electron chi connectivity index (χ1n) is 6.04. The van der Waals surface area contributed by atoms with Crippen molar-refractivity contribution in [3.63, 3.8) is 0 Å². The maximum Gasteiger partial charge on any atom is 0.407 e. The Kier molecular flexibility index (Phi) is 3.89. The summed E-state index contributed by atoms with van der Waals surface area (Å²) in [5.74, 6) is -0.486. The van der Waals surface area contributed by atoms with Gasteiger partial charge < -0.3 is 19.8 Å². The number of carbonyl (C=O) groups is 2. The Labute approximate surface area is 110 Å². The molecule has 1 aliphatic rings. The lowest BCUT2D eigenvalue weighted by atomic mass is 10.1. The second kappa shape index (κ2) is 5.60. The number of benzene rings is 1. The monoisotopic (exact) mass is 265 g/mol. The molecule has 1 heterocycles. The van der Waals surface area contributed by atoms with Crippen LogP contribution in [0, 0.1) is 0 Å². The number of aromatic carboxylic acids is 1. The lowest BCUT2D eigenvalue weighted by Gasteiger charge is -2.30. The number of piperidine rings is 1. The molecule has 0 unspecified atom stereocenters. The van der Waals surface area contributed by atoms with E-state index in [-0.39, 0.29) is 11.7 Å². The average Bonchev–Trinajstić information content (AvgIpc) is 2.39. The fourth-order valence-electron chi connectivity index (χ4n) is 2.06. The third kappa shape index (κ3) is 3.37. The van der Waals surface area contributed by atoms with Crippen molar-refractivity contribution in [2.24, 2.45) is 0 Å². The van der Waals surface area contributed by atoms with Gasteiger partial charge in [-0.2, -0.15) is 0 Å². The Hall–Kier alpha value is -2.24. The highest BCUT2D eigenvalue weighted by Crippen LogP contribution is 2.20. The largest absolute Gasteiger partial charge is 0.490 e. The van der Waals surface area contributed by atoms with Crippen LogP contribution in [0.3, 0.4) is 0 Å². The molecule has 0 aliphatic carbocycles. The van der Waals surface area contributed by atoms with Crippen molar-refractivity contribution in [3.8, 4) is 5.75 Å². The van der Waals surface area contributed by atoms with E-state index < -0.39 is 12.1 Å². The minimum Gasteiger partial charge on any atom is -0.490 e. The highest BCUT2D eigenvalue weighted by molar-refractivity contribution is 5.88. The van der Waals surface area contributed by atoms with Crippen LogP contribution in [0.15, 0.2) is 24.3 Å². The Bertz CT molecular complexity index is 480. The predicted molar refractivity (Wildman–Crippen MR) is 66.6 cm³/mol. The fourth-order valence-corrected chi connectivity index (χ4v) is 2.06. The van der Waals surface area contributed by atoms with Gasteiger partial charge in [-0.3, -0.25) is 0 Å². The van der Waals surface area contributed by atoms with E-state index in [0.29, 0.717) is 31.7 Å². The van der Waals surface area contributed by atoms with Crippen LogP contribution in [0.1, 0.15) is 23.2 Å². The SMILES string of the molecule is O=C(O)c1cccc(OC2CCN(C(=O)O)CC2)c1. The van der Waals surface area contributed by atoms with Gasteiger partial charge in [0.25, 0.3) is 0 Å². The normalized spacial score (nSPS) is 16.1. The van der Waals surface area contributed by atoms with Crippen molar-refractivity contribution in [2.75, 3.05) is 13.1 Å². The molecule has 0 atom stereocenters. The molecule has 2 rings (SSSR count). The molecule has 1 aliphatic heterocycles. The summed E-state index contributed by atoms with van der Waals surface area (Å²) in [6.07, 6.45) is 0.249. The maximum absolute atomic E-state index is 10.8. The van der Waals surface area contributed by atoms with E-state index in [0.717, 1.165) is 0 Å². The summed E-state index contributed by atoms with van der Waals surface area (Å²) in [5, 5.41) is 17.7. The molecule has 1 aromatic rings. The van der Waals surface area contributed by atoms with Gasteiger partial charge in [0.2, 0.25) is 0 Å². The molecule has 1 aromatic carbocycles. The summed E-state index contributed by atoms with van der Waals surface area (Å²) in [6.45, 7) is 0.886. The molecule has 0 saturated carbocycles. The third-order valence-electron chi connectivity index (χ3n) is 3.10. The zero-order valence-corrected chi connectivity index (χ0v) is 10.3. The summed E-state index contributed by atoms with van der Waals surface area (Å²) in [6, 6.07) is 6.31. The van der Waals surface area contributed by atoms with Crippen molar-refractivity contribution in [2.45, 2.75) is 18.9 Å². The number of amides is 1. The van der Waals surface area contributed by atoms with Gasteiger partial charge in [0, 0.05) is 25.9 Å². The van der Waals surface area contributed by atoms with E-state index in [9.17, 15) is 9.59 Å². The van der Waals surface area contributed by atoms with Gasteiger partial charge in [0.1, 0.15) is 11.9 Å². The van der Waals surface area contributed by atoms with Crippen LogP contribution in [0.2, 0.25) is 0 Å². The summed E-state index contributed by atoms with van der Waals surface area (Å²) >= 11 is 0. The number of hydrogen-bond acceptors (Lipinski definition) is 3. The van der Waals surface area contributed by atoms with Gasteiger partial charge >= 0.3 is 12.1 Å². The second-order valence-corrected chi connectivity index (χ2v) is 4.42. The molecule has 1 saturated heterocycles. The van der Waals surface area contributed by atoms with E-state index in [1.54, 1.807) is 12.1 Å². The first kappa shape index (κ1) is 13.2.